The maximum absolute atomic E-state index is 11.7. The third kappa shape index (κ3) is 21.6. The number of amides is 1. The van der Waals surface area contributed by atoms with E-state index < -0.39 is 0 Å². The molecule has 0 saturated heterocycles. The molecule has 1 heterocycles. The third-order valence-corrected chi connectivity index (χ3v) is 5.27. The number of carbonyl (C=O) groups excluding carboxylic acids is 2. The van der Waals surface area contributed by atoms with E-state index in [1.165, 1.54) is 6.08 Å². The summed E-state index contributed by atoms with van der Waals surface area (Å²) in [6, 6.07) is 0. The summed E-state index contributed by atoms with van der Waals surface area (Å²) in [5.41, 5.74) is 1.57. The molecular formula is C28H48N2O10. The van der Waals surface area contributed by atoms with Gasteiger partial charge in [0.1, 0.15) is 6.29 Å². The number of allylic oxidation sites excluding steroid dienone is 1. The Bertz CT molecular complexity index is 687. The van der Waals surface area contributed by atoms with Gasteiger partial charge in [0.2, 0.25) is 0 Å². The molecule has 0 aromatic carbocycles. The van der Waals surface area contributed by atoms with Crippen LogP contribution in [0.4, 0.5) is 0 Å². The Hall–Kier alpha value is -2.16. The molecule has 0 atom stereocenters. The average molecular weight is 573 g/mol. The molecule has 0 unspecified atom stereocenters. The molecule has 1 N–H and O–H groups in total. The highest BCUT2D eigenvalue weighted by Gasteiger charge is 2.17. The highest BCUT2D eigenvalue weighted by atomic mass is 16.6. The lowest BCUT2D eigenvalue weighted by Gasteiger charge is -2.18. The SMILES string of the molecule is C=C(CCN1C(=C)C=CC1=O)NCCOCCOCCOCCOCCOCCOCCOCCOCCC=O. The highest BCUT2D eigenvalue weighted by Crippen LogP contribution is 2.13. The molecule has 1 rings (SSSR count). The number of nitrogens with one attached hydrogen (secondary N) is 1. The van der Waals surface area contributed by atoms with Crippen LogP contribution in [-0.2, 0) is 47.5 Å². The van der Waals surface area contributed by atoms with Crippen molar-refractivity contribution in [2.45, 2.75) is 12.8 Å². The fourth-order valence-corrected chi connectivity index (χ4v) is 3.15. The molecule has 1 amide bonds. The van der Waals surface area contributed by atoms with Crippen LogP contribution in [0.2, 0.25) is 0 Å². The Labute approximate surface area is 238 Å². The lowest BCUT2D eigenvalue weighted by atomic mass is 10.3. The smallest absolute Gasteiger partial charge is 0.251 e. The lowest BCUT2D eigenvalue weighted by Crippen LogP contribution is -2.27. The van der Waals surface area contributed by atoms with Gasteiger partial charge in [0.15, 0.2) is 0 Å². The molecule has 12 nitrogen and oxygen atoms in total. The minimum Gasteiger partial charge on any atom is -0.386 e. The predicted molar refractivity (Wildman–Crippen MR) is 149 cm³/mol. The number of ether oxygens (including phenoxy) is 8. The van der Waals surface area contributed by atoms with E-state index in [2.05, 4.69) is 18.5 Å². The maximum Gasteiger partial charge on any atom is 0.251 e. The fraction of sp³-hybridized carbons (Fsp3) is 0.714. The van der Waals surface area contributed by atoms with Gasteiger partial charge in [-0.05, 0) is 6.08 Å². The zero-order chi connectivity index (χ0) is 28.9. The van der Waals surface area contributed by atoms with E-state index in [-0.39, 0.29) is 5.91 Å². The van der Waals surface area contributed by atoms with E-state index in [4.69, 9.17) is 37.9 Å². The summed E-state index contributed by atoms with van der Waals surface area (Å²) in [4.78, 5) is 23.4. The quantitative estimate of drug-likeness (QED) is 0.0949. The normalized spacial score (nSPS) is 12.9. The van der Waals surface area contributed by atoms with Crippen molar-refractivity contribution in [3.63, 3.8) is 0 Å². The van der Waals surface area contributed by atoms with Gasteiger partial charge in [-0.2, -0.15) is 0 Å². The number of hydrogen-bond acceptors (Lipinski definition) is 11. The molecule has 0 aromatic rings. The van der Waals surface area contributed by atoms with E-state index in [1.807, 2.05) is 0 Å². The second-order valence-electron chi connectivity index (χ2n) is 8.45. The first kappa shape index (κ1) is 35.9. The summed E-state index contributed by atoms with van der Waals surface area (Å²) in [6.45, 7) is 16.9. The second kappa shape index (κ2) is 27.0. The van der Waals surface area contributed by atoms with Crippen molar-refractivity contribution in [1.82, 2.24) is 10.2 Å². The van der Waals surface area contributed by atoms with Gasteiger partial charge in [0.25, 0.3) is 5.91 Å². The van der Waals surface area contributed by atoms with E-state index >= 15 is 0 Å². The van der Waals surface area contributed by atoms with E-state index in [9.17, 15) is 9.59 Å². The van der Waals surface area contributed by atoms with Crippen LogP contribution in [0.5, 0.6) is 0 Å². The number of nitrogens with zero attached hydrogens (tertiary/aromatic N) is 1. The zero-order valence-corrected chi connectivity index (χ0v) is 23.8. The first-order chi connectivity index (χ1) is 19.6. The molecule has 0 aromatic heterocycles. The molecule has 1 aliphatic rings. The first-order valence-electron chi connectivity index (χ1n) is 13.8. The molecule has 230 valence electrons. The van der Waals surface area contributed by atoms with Gasteiger partial charge >= 0.3 is 0 Å². The van der Waals surface area contributed by atoms with Gasteiger partial charge in [-0.25, -0.2) is 0 Å². The number of hydrogen-bond donors (Lipinski definition) is 1. The van der Waals surface area contributed by atoms with Gasteiger partial charge in [0.05, 0.1) is 106 Å². The molecule has 12 heteroatoms. The summed E-state index contributed by atoms with van der Waals surface area (Å²) >= 11 is 0. The average Bonchev–Trinajstić information content (AvgIpc) is 3.27. The first-order valence-corrected chi connectivity index (χ1v) is 13.8. The summed E-state index contributed by atoms with van der Waals surface area (Å²) in [5.74, 6) is -0.0360. The van der Waals surface area contributed by atoms with Crippen molar-refractivity contribution in [2.75, 3.05) is 119 Å². The van der Waals surface area contributed by atoms with Crippen LogP contribution in [-0.4, -0.2) is 136 Å². The molecule has 0 spiro atoms. The van der Waals surface area contributed by atoms with Gasteiger partial charge in [-0.15, -0.1) is 0 Å². The largest absolute Gasteiger partial charge is 0.386 e. The van der Waals surface area contributed by atoms with Crippen LogP contribution in [0.25, 0.3) is 0 Å². The predicted octanol–water partition coefficient (Wildman–Crippen LogP) is 1.11. The van der Waals surface area contributed by atoms with E-state index in [0.29, 0.717) is 137 Å². The van der Waals surface area contributed by atoms with Crippen LogP contribution < -0.4 is 5.32 Å². The Balaban J connectivity index is 1.68. The van der Waals surface area contributed by atoms with Gasteiger partial charge in [-0.3, -0.25) is 4.79 Å². The molecule has 0 radical (unpaired) electrons. The van der Waals surface area contributed by atoms with Gasteiger partial charge < -0.3 is 52.9 Å². The van der Waals surface area contributed by atoms with Crippen molar-refractivity contribution in [3.8, 4) is 0 Å². The summed E-state index contributed by atoms with van der Waals surface area (Å²) < 4.78 is 43.3. The monoisotopic (exact) mass is 572 g/mol. The third-order valence-electron chi connectivity index (χ3n) is 5.27. The number of carbonyl (C=O) groups is 2. The van der Waals surface area contributed by atoms with Gasteiger partial charge in [0, 0.05) is 43.4 Å². The Morgan fingerprint density at radius 2 is 1.07 bits per heavy atom. The molecule has 0 fully saturated rings. The van der Waals surface area contributed by atoms with E-state index in [0.717, 1.165) is 12.0 Å². The molecule has 1 aliphatic heterocycles. The summed E-state index contributed by atoms with van der Waals surface area (Å²) in [5, 5.41) is 3.20. The van der Waals surface area contributed by atoms with Crippen molar-refractivity contribution >= 4 is 12.2 Å². The minimum absolute atomic E-state index is 0.0360. The number of rotatable bonds is 31. The van der Waals surface area contributed by atoms with Crippen LogP contribution in [0.3, 0.4) is 0 Å². The van der Waals surface area contributed by atoms with Crippen LogP contribution in [0, 0.1) is 0 Å². The summed E-state index contributed by atoms with van der Waals surface area (Å²) in [7, 11) is 0. The molecule has 0 aliphatic carbocycles. The number of aldehydes is 1. The minimum atomic E-state index is -0.0360. The van der Waals surface area contributed by atoms with Crippen LogP contribution in [0.1, 0.15) is 12.8 Å². The summed E-state index contributed by atoms with van der Waals surface area (Å²) in [6.07, 6.45) is 5.14. The zero-order valence-electron chi connectivity index (χ0n) is 23.8. The van der Waals surface area contributed by atoms with Crippen molar-refractivity contribution in [1.29, 1.82) is 0 Å². The fourth-order valence-electron chi connectivity index (χ4n) is 3.15. The standard InChI is InChI=1S/C28H48N2O10/c1-26(6-8-30-27(2)4-5-28(30)32)29-7-11-34-13-15-36-17-19-38-21-23-40-25-24-39-22-20-37-18-16-35-14-12-33-10-3-9-31/h4-5,9,29H,1-3,6-8,10-25H2. The Kier molecular flexibility index (Phi) is 24.2. The van der Waals surface area contributed by atoms with Gasteiger partial charge in [-0.1, -0.05) is 13.2 Å². The lowest BCUT2D eigenvalue weighted by molar-refractivity contribution is -0.123. The van der Waals surface area contributed by atoms with E-state index in [1.54, 1.807) is 11.0 Å². The topological polar surface area (TPSA) is 123 Å². The second-order valence-corrected chi connectivity index (χ2v) is 8.45. The van der Waals surface area contributed by atoms with Crippen LogP contribution >= 0.6 is 0 Å². The van der Waals surface area contributed by atoms with Crippen LogP contribution in [0.15, 0.2) is 36.7 Å². The maximum atomic E-state index is 11.7. The van der Waals surface area contributed by atoms with Crippen molar-refractivity contribution in [3.05, 3.63) is 36.7 Å². The molecule has 0 bridgehead atoms. The molecular weight excluding hydrogens is 524 g/mol. The molecule has 40 heavy (non-hydrogen) atoms. The van der Waals surface area contributed by atoms with Crippen molar-refractivity contribution in [2.24, 2.45) is 0 Å². The highest BCUT2D eigenvalue weighted by molar-refractivity contribution is 5.92. The Morgan fingerprint density at radius 3 is 1.45 bits per heavy atom. The van der Waals surface area contributed by atoms with Crippen molar-refractivity contribution < 1.29 is 47.5 Å². The molecule has 0 saturated carbocycles. The Morgan fingerprint density at radius 1 is 0.675 bits per heavy atom.